The van der Waals surface area contributed by atoms with E-state index in [0.29, 0.717) is 18.8 Å². The molecule has 0 aliphatic rings. The van der Waals surface area contributed by atoms with Crippen LogP contribution in [0.15, 0.2) is 0 Å². The van der Waals surface area contributed by atoms with Gasteiger partial charge in [-0.3, -0.25) is 0 Å². The van der Waals surface area contributed by atoms with E-state index in [2.05, 4.69) is 15.1 Å². The van der Waals surface area contributed by atoms with Crippen molar-refractivity contribution in [1.82, 2.24) is 0 Å². The molecule has 0 aliphatic carbocycles. The maximum absolute atomic E-state index is 5.63. The summed E-state index contributed by atoms with van der Waals surface area (Å²) in [5.41, 5.74) is 0.425. The molecule has 0 saturated carbocycles. The zero-order chi connectivity index (χ0) is 8.04. The number of hydrogen-bond acceptors (Lipinski definition) is 2. The van der Waals surface area contributed by atoms with Crippen LogP contribution in [0.4, 0.5) is 0 Å². The predicted octanol–water partition coefficient (Wildman–Crippen LogP) is 2.19. The summed E-state index contributed by atoms with van der Waals surface area (Å²) in [5.74, 6) is -1.81. The molecule has 0 saturated heterocycles. The monoisotopic (exact) mass is 250 g/mol. The summed E-state index contributed by atoms with van der Waals surface area (Å²) in [6.07, 6.45) is 0. The van der Waals surface area contributed by atoms with E-state index in [0.717, 1.165) is 0 Å². The third-order valence-electron chi connectivity index (χ3n) is 0.798. The Morgan fingerprint density at radius 3 is 1.90 bits per heavy atom. The van der Waals surface area contributed by atoms with E-state index in [4.69, 9.17) is 20.6 Å². The summed E-state index contributed by atoms with van der Waals surface area (Å²) < 4.78 is 10.6. The normalized spacial score (nSPS) is 11.9. The molecule has 0 radical (unpaired) electrons. The van der Waals surface area contributed by atoms with Crippen LogP contribution >= 0.6 is 17.6 Å². The van der Waals surface area contributed by atoms with Gasteiger partial charge in [0.1, 0.15) is 0 Å². The van der Waals surface area contributed by atoms with Crippen LogP contribution in [0.2, 0.25) is 0 Å². The Bertz CT molecular complexity index is 121. The molecule has 0 fully saturated rings. The number of rotatable bonds is 5. The van der Waals surface area contributed by atoms with Crippen LogP contribution < -0.4 is 0 Å². The van der Waals surface area contributed by atoms with Crippen molar-refractivity contribution in [3.8, 4) is 0 Å². The first-order chi connectivity index (χ1) is 4.68. The topological polar surface area (TPSA) is 18.5 Å². The minimum absolute atomic E-state index is 0.425. The van der Waals surface area contributed by atoms with Gasteiger partial charge in [-0.05, 0) is 0 Å². The Morgan fingerprint density at radius 2 is 1.70 bits per heavy atom. The Labute approximate surface area is 74.6 Å². The maximum atomic E-state index is 5.63. The SMILES string of the molecule is CCOP(=[Se])(CCl)OCC. The van der Waals surface area contributed by atoms with Crippen molar-refractivity contribution < 1.29 is 9.05 Å². The van der Waals surface area contributed by atoms with Gasteiger partial charge in [0.2, 0.25) is 0 Å². The Morgan fingerprint density at radius 1 is 1.30 bits per heavy atom. The van der Waals surface area contributed by atoms with Crippen molar-refractivity contribution in [1.29, 1.82) is 0 Å². The molecule has 0 unspecified atom stereocenters. The van der Waals surface area contributed by atoms with Gasteiger partial charge in [0.15, 0.2) is 0 Å². The van der Waals surface area contributed by atoms with Crippen LogP contribution in [0, 0.1) is 0 Å². The molecule has 0 atom stereocenters. The third-order valence-corrected chi connectivity index (χ3v) is 6.44. The molecule has 62 valence electrons. The molecule has 0 bridgehead atoms. The fourth-order valence-corrected chi connectivity index (χ4v) is 3.24. The fourth-order valence-electron chi connectivity index (χ4n) is 0.500. The average Bonchev–Trinajstić information content (AvgIpc) is 1.89. The van der Waals surface area contributed by atoms with Crippen molar-refractivity contribution in [2.45, 2.75) is 13.8 Å². The van der Waals surface area contributed by atoms with Crippen LogP contribution in [0.25, 0.3) is 0 Å². The fraction of sp³-hybridized carbons (Fsp3) is 1.00. The van der Waals surface area contributed by atoms with E-state index in [-0.39, 0.29) is 0 Å². The molecule has 0 amide bonds. The first-order valence-electron chi connectivity index (χ1n) is 3.12. The van der Waals surface area contributed by atoms with E-state index >= 15 is 0 Å². The summed E-state index contributed by atoms with van der Waals surface area (Å²) >= 11 is 8.51. The quantitative estimate of drug-likeness (QED) is 0.422. The van der Waals surface area contributed by atoms with Gasteiger partial charge in [0, 0.05) is 0 Å². The molecule has 0 aromatic rings. The zero-order valence-corrected chi connectivity index (χ0v) is 9.53. The summed E-state index contributed by atoms with van der Waals surface area (Å²) in [6.45, 7) is 5.15. The van der Waals surface area contributed by atoms with Gasteiger partial charge in [-0.1, -0.05) is 0 Å². The van der Waals surface area contributed by atoms with E-state index in [1.54, 1.807) is 0 Å². The van der Waals surface area contributed by atoms with Crippen LogP contribution in [0.3, 0.4) is 0 Å². The van der Waals surface area contributed by atoms with Crippen molar-refractivity contribution in [2.24, 2.45) is 0 Å². The van der Waals surface area contributed by atoms with Gasteiger partial charge in [0.25, 0.3) is 0 Å². The second-order valence-corrected chi connectivity index (χ2v) is 7.76. The van der Waals surface area contributed by atoms with E-state index in [1.165, 1.54) is 0 Å². The molecular weight excluding hydrogens is 237 g/mol. The number of hydrogen-bond donors (Lipinski definition) is 0. The molecule has 0 spiro atoms. The Balaban J connectivity index is 3.83. The average molecular weight is 250 g/mol. The van der Waals surface area contributed by atoms with Crippen molar-refractivity contribution in [3.05, 3.63) is 0 Å². The van der Waals surface area contributed by atoms with Crippen LogP contribution in [-0.2, 0) is 9.05 Å². The number of halogens is 1. The van der Waals surface area contributed by atoms with Crippen LogP contribution in [-0.4, -0.2) is 33.9 Å². The second kappa shape index (κ2) is 5.76. The molecule has 5 heteroatoms. The molecule has 0 N–H and O–H groups in total. The zero-order valence-electron chi connectivity index (χ0n) is 6.17. The van der Waals surface area contributed by atoms with Gasteiger partial charge >= 0.3 is 74.4 Å². The Kier molecular flexibility index (Phi) is 6.43. The van der Waals surface area contributed by atoms with E-state index in [9.17, 15) is 0 Å². The predicted molar refractivity (Wildman–Crippen MR) is 46.6 cm³/mol. The van der Waals surface area contributed by atoms with Crippen molar-refractivity contribution in [2.75, 3.05) is 18.8 Å². The summed E-state index contributed by atoms with van der Waals surface area (Å²) in [4.78, 5) is 0. The first kappa shape index (κ1) is 11.2. The molecule has 0 rings (SSSR count). The third kappa shape index (κ3) is 4.12. The van der Waals surface area contributed by atoms with Gasteiger partial charge in [-0.15, -0.1) is 0 Å². The van der Waals surface area contributed by atoms with Gasteiger partial charge < -0.3 is 0 Å². The van der Waals surface area contributed by atoms with E-state index < -0.39 is 5.96 Å². The molecule has 0 aromatic heterocycles. The Hall–Kier alpha value is 1.16. The molecule has 0 heterocycles. The van der Waals surface area contributed by atoms with Gasteiger partial charge in [-0.25, -0.2) is 0 Å². The van der Waals surface area contributed by atoms with Crippen molar-refractivity contribution >= 4 is 32.7 Å². The van der Waals surface area contributed by atoms with Gasteiger partial charge in [-0.2, -0.15) is 0 Å². The second-order valence-electron chi connectivity index (χ2n) is 1.57. The molecule has 0 aliphatic heterocycles. The standard InChI is InChI=1S/C5H12ClO2PSe/c1-3-7-9(10,5-6)8-4-2/h3-5H2,1-2H3. The summed E-state index contributed by atoms with van der Waals surface area (Å²) in [7, 11) is 0. The summed E-state index contributed by atoms with van der Waals surface area (Å²) in [6, 6.07) is 0. The number of alkyl halides is 1. The van der Waals surface area contributed by atoms with Crippen LogP contribution in [0.5, 0.6) is 0 Å². The molecule has 0 aromatic carbocycles. The first-order valence-corrected chi connectivity index (χ1v) is 7.68. The van der Waals surface area contributed by atoms with E-state index in [1.807, 2.05) is 13.8 Å². The molecule has 2 nitrogen and oxygen atoms in total. The minimum atomic E-state index is -1.81. The molecular formula is C5H12ClO2PSe. The summed E-state index contributed by atoms with van der Waals surface area (Å²) in [5, 5.41) is 0. The van der Waals surface area contributed by atoms with Gasteiger partial charge in [0.05, 0.1) is 0 Å². The van der Waals surface area contributed by atoms with Crippen molar-refractivity contribution in [3.63, 3.8) is 0 Å². The molecule has 10 heavy (non-hydrogen) atoms. The van der Waals surface area contributed by atoms with Crippen LogP contribution in [0.1, 0.15) is 13.8 Å².